The lowest BCUT2D eigenvalue weighted by Crippen LogP contribution is -2.23. The number of pyridine rings is 1. The quantitative estimate of drug-likeness (QED) is 0.389. The Morgan fingerprint density at radius 3 is 2.72 bits per heavy atom. The molecule has 11 heteroatoms. The van der Waals surface area contributed by atoms with Gasteiger partial charge in [0.05, 0.1) is 17.5 Å². The van der Waals surface area contributed by atoms with Crippen molar-refractivity contribution in [3.05, 3.63) is 91.9 Å². The predicted molar refractivity (Wildman–Crippen MR) is 114 cm³/mol. The number of anilines is 1. The first-order chi connectivity index (χ1) is 15.2. The molecule has 0 aliphatic heterocycles. The van der Waals surface area contributed by atoms with Crippen molar-refractivity contribution in [1.29, 1.82) is 0 Å². The fourth-order valence-electron chi connectivity index (χ4n) is 2.91. The summed E-state index contributed by atoms with van der Waals surface area (Å²) in [6, 6.07) is 9.34. The van der Waals surface area contributed by atoms with E-state index in [4.69, 9.17) is 16.0 Å². The van der Waals surface area contributed by atoms with Crippen molar-refractivity contribution < 1.29 is 22.4 Å². The second-order valence-electron chi connectivity index (χ2n) is 6.66. The van der Waals surface area contributed by atoms with Gasteiger partial charge in [-0.3, -0.25) is 14.9 Å². The zero-order chi connectivity index (χ0) is 22.9. The Balaban J connectivity index is 1.48. The standard InChI is InChI=1S/C21H13ClF3N3O3S/c22-15-5-3-12(21(23,24)25)8-11(15)9-13-10-26-20(32-13)28-19(30)14-4-6-16(27-18(14)29)17-2-1-7-31-17/h1-8,10H,9H2,(H,27,29)(H,26,28,30). The number of amides is 1. The Morgan fingerprint density at radius 1 is 1.22 bits per heavy atom. The number of hydrogen-bond acceptors (Lipinski definition) is 5. The average Bonchev–Trinajstić information content (AvgIpc) is 3.41. The molecule has 1 amide bonds. The smallest absolute Gasteiger partial charge is 0.416 e. The third kappa shape index (κ3) is 4.76. The summed E-state index contributed by atoms with van der Waals surface area (Å²) < 4.78 is 44.1. The molecule has 3 heterocycles. The summed E-state index contributed by atoms with van der Waals surface area (Å²) in [5.74, 6) is -0.220. The Bertz CT molecular complexity index is 1330. The number of furan rings is 1. The summed E-state index contributed by atoms with van der Waals surface area (Å²) in [5, 5.41) is 2.91. The number of nitrogens with one attached hydrogen (secondary N) is 2. The summed E-state index contributed by atoms with van der Waals surface area (Å²) >= 11 is 7.11. The van der Waals surface area contributed by atoms with Crippen LogP contribution < -0.4 is 10.9 Å². The van der Waals surface area contributed by atoms with Crippen LogP contribution in [-0.2, 0) is 12.6 Å². The Labute approximate surface area is 187 Å². The van der Waals surface area contributed by atoms with E-state index in [1.54, 1.807) is 12.1 Å². The highest BCUT2D eigenvalue weighted by Crippen LogP contribution is 2.33. The minimum absolute atomic E-state index is 0.106. The molecule has 32 heavy (non-hydrogen) atoms. The van der Waals surface area contributed by atoms with Gasteiger partial charge in [0.1, 0.15) is 11.3 Å². The van der Waals surface area contributed by atoms with Gasteiger partial charge in [0.2, 0.25) is 0 Å². The van der Waals surface area contributed by atoms with E-state index < -0.39 is 23.2 Å². The van der Waals surface area contributed by atoms with Crippen LogP contribution in [0.1, 0.15) is 26.4 Å². The minimum Gasteiger partial charge on any atom is -0.463 e. The number of benzene rings is 1. The number of hydrogen-bond donors (Lipinski definition) is 2. The summed E-state index contributed by atoms with van der Waals surface area (Å²) in [6.45, 7) is 0. The van der Waals surface area contributed by atoms with Gasteiger partial charge in [-0.05, 0) is 48.0 Å². The summed E-state index contributed by atoms with van der Waals surface area (Å²) in [5.41, 5.74) is -0.826. The molecule has 0 atom stereocenters. The molecule has 0 radical (unpaired) electrons. The maximum Gasteiger partial charge on any atom is 0.416 e. The summed E-state index contributed by atoms with van der Waals surface area (Å²) in [7, 11) is 0. The molecule has 0 unspecified atom stereocenters. The summed E-state index contributed by atoms with van der Waals surface area (Å²) in [4.78, 5) is 32.0. The summed E-state index contributed by atoms with van der Waals surface area (Å²) in [6.07, 6.45) is -1.48. The lowest BCUT2D eigenvalue weighted by atomic mass is 10.1. The van der Waals surface area contributed by atoms with Crippen molar-refractivity contribution in [2.24, 2.45) is 0 Å². The van der Waals surface area contributed by atoms with Crippen LogP contribution in [0, 0.1) is 0 Å². The highest BCUT2D eigenvalue weighted by atomic mass is 35.5. The molecule has 0 saturated heterocycles. The zero-order valence-electron chi connectivity index (χ0n) is 16.0. The van der Waals surface area contributed by atoms with E-state index >= 15 is 0 Å². The fraction of sp³-hybridized carbons (Fsp3) is 0.0952. The number of aromatic nitrogens is 2. The number of thiazole rings is 1. The third-order valence-electron chi connectivity index (χ3n) is 4.45. The third-order valence-corrected chi connectivity index (χ3v) is 5.73. The average molecular weight is 480 g/mol. The molecule has 6 nitrogen and oxygen atoms in total. The van der Waals surface area contributed by atoms with Crippen molar-refractivity contribution in [2.75, 3.05) is 5.32 Å². The number of halogens is 4. The molecule has 3 aromatic heterocycles. The van der Waals surface area contributed by atoms with Crippen LogP contribution in [0.2, 0.25) is 5.02 Å². The SMILES string of the molecule is O=C(Nc1ncc(Cc2cc(C(F)(F)F)ccc2Cl)s1)c1ccc(-c2ccco2)[nH]c1=O. The maximum atomic E-state index is 13.0. The second kappa shape index (κ2) is 8.64. The maximum absolute atomic E-state index is 13.0. The Morgan fingerprint density at radius 2 is 2.03 bits per heavy atom. The van der Waals surface area contributed by atoms with Gasteiger partial charge >= 0.3 is 6.18 Å². The highest BCUT2D eigenvalue weighted by Gasteiger charge is 2.31. The highest BCUT2D eigenvalue weighted by molar-refractivity contribution is 7.15. The van der Waals surface area contributed by atoms with Gasteiger partial charge in [-0.1, -0.05) is 11.6 Å². The topological polar surface area (TPSA) is 88.0 Å². The van der Waals surface area contributed by atoms with Gasteiger partial charge < -0.3 is 9.40 Å². The first-order valence-corrected chi connectivity index (χ1v) is 10.3. The van der Waals surface area contributed by atoms with E-state index in [9.17, 15) is 22.8 Å². The normalized spacial score (nSPS) is 11.5. The number of carbonyl (C=O) groups is 1. The van der Waals surface area contributed by atoms with Crippen LogP contribution in [0.5, 0.6) is 0 Å². The molecule has 2 N–H and O–H groups in total. The zero-order valence-corrected chi connectivity index (χ0v) is 17.6. The first-order valence-electron chi connectivity index (χ1n) is 9.09. The van der Waals surface area contributed by atoms with Crippen molar-refractivity contribution in [2.45, 2.75) is 12.6 Å². The molecule has 4 aromatic rings. The first kappa shape index (κ1) is 21.8. The molecule has 164 valence electrons. The molecule has 0 aliphatic carbocycles. The van der Waals surface area contributed by atoms with Crippen LogP contribution in [0.25, 0.3) is 11.5 Å². The molecule has 1 aromatic carbocycles. The van der Waals surface area contributed by atoms with Crippen molar-refractivity contribution >= 4 is 34.0 Å². The Hall–Kier alpha value is -3.37. The van der Waals surface area contributed by atoms with E-state index in [1.165, 1.54) is 30.7 Å². The second-order valence-corrected chi connectivity index (χ2v) is 8.18. The molecular formula is C21H13ClF3N3O3S. The van der Waals surface area contributed by atoms with E-state index in [2.05, 4.69) is 15.3 Å². The van der Waals surface area contributed by atoms with Crippen LogP contribution >= 0.6 is 22.9 Å². The van der Waals surface area contributed by atoms with Crippen LogP contribution in [-0.4, -0.2) is 15.9 Å². The van der Waals surface area contributed by atoms with Gasteiger partial charge in [0.25, 0.3) is 11.5 Å². The molecule has 0 saturated carbocycles. The molecule has 0 aliphatic rings. The van der Waals surface area contributed by atoms with Crippen LogP contribution in [0.4, 0.5) is 18.3 Å². The lowest BCUT2D eigenvalue weighted by Gasteiger charge is -2.09. The largest absolute Gasteiger partial charge is 0.463 e. The number of carbonyl (C=O) groups excluding carboxylic acids is 1. The van der Waals surface area contributed by atoms with Crippen molar-refractivity contribution in [3.8, 4) is 11.5 Å². The van der Waals surface area contributed by atoms with E-state index in [0.29, 0.717) is 16.3 Å². The number of aromatic amines is 1. The fourth-order valence-corrected chi connectivity index (χ4v) is 3.93. The molecule has 0 fully saturated rings. The molecule has 0 bridgehead atoms. The van der Waals surface area contributed by atoms with E-state index in [0.717, 1.165) is 23.5 Å². The molecular weight excluding hydrogens is 467 g/mol. The van der Waals surface area contributed by atoms with E-state index in [1.807, 2.05) is 0 Å². The number of nitrogens with zero attached hydrogens (tertiary/aromatic N) is 1. The lowest BCUT2D eigenvalue weighted by molar-refractivity contribution is -0.137. The van der Waals surface area contributed by atoms with Crippen LogP contribution in [0.3, 0.4) is 0 Å². The molecule has 0 spiro atoms. The number of rotatable bonds is 5. The van der Waals surface area contributed by atoms with Crippen molar-refractivity contribution in [3.63, 3.8) is 0 Å². The van der Waals surface area contributed by atoms with Gasteiger partial charge in [0, 0.05) is 22.5 Å². The van der Waals surface area contributed by atoms with Crippen LogP contribution in [0.15, 0.2) is 64.1 Å². The van der Waals surface area contributed by atoms with Crippen molar-refractivity contribution in [1.82, 2.24) is 9.97 Å². The minimum atomic E-state index is -4.48. The number of H-pyrrole nitrogens is 1. The monoisotopic (exact) mass is 479 g/mol. The van der Waals surface area contributed by atoms with E-state index in [-0.39, 0.29) is 27.7 Å². The van der Waals surface area contributed by atoms with Gasteiger partial charge in [-0.15, -0.1) is 11.3 Å². The Kier molecular flexibility index (Phi) is 5.90. The number of alkyl halides is 3. The van der Waals surface area contributed by atoms with Gasteiger partial charge in [-0.2, -0.15) is 13.2 Å². The molecule has 4 rings (SSSR count). The van der Waals surface area contributed by atoms with Gasteiger partial charge in [-0.25, -0.2) is 4.98 Å². The van der Waals surface area contributed by atoms with Gasteiger partial charge in [0.15, 0.2) is 5.13 Å². The predicted octanol–water partition coefficient (Wildman–Crippen LogP) is 5.61.